The van der Waals surface area contributed by atoms with E-state index < -0.39 is 0 Å². The van der Waals surface area contributed by atoms with Crippen LogP contribution in [0.4, 0.5) is 0 Å². The lowest BCUT2D eigenvalue weighted by molar-refractivity contribution is -0.127. The van der Waals surface area contributed by atoms with Gasteiger partial charge in [-0.2, -0.15) is 0 Å². The minimum absolute atomic E-state index is 0.0484. The van der Waals surface area contributed by atoms with Crippen LogP contribution in [0.25, 0.3) is 6.08 Å². The average molecular weight is 440 g/mol. The fraction of sp³-hybridized carbons (Fsp3) is 0.333. The molecule has 0 N–H and O–H groups in total. The van der Waals surface area contributed by atoms with Gasteiger partial charge in [-0.25, -0.2) is 0 Å². The Morgan fingerprint density at radius 2 is 1.34 bits per heavy atom. The van der Waals surface area contributed by atoms with Crippen molar-refractivity contribution in [1.29, 1.82) is 0 Å². The number of carbonyl (C=O) groups excluding carboxylic acids is 2. The number of benzene rings is 2. The Morgan fingerprint density at radius 3 is 1.84 bits per heavy atom. The van der Waals surface area contributed by atoms with Gasteiger partial charge in [0.1, 0.15) is 5.75 Å². The van der Waals surface area contributed by atoms with Crippen molar-refractivity contribution in [2.24, 2.45) is 0 Å². The molecule has 0 aliphatic carbocycles. The predicted octanol–water partition coefficient (Wildman–Crippen LogP) is 2.72. The first-order valence-corrected chi connectivity index (χ1v) is 10.2. The van der Waals surface area contributed by atoms with E-state index in [-0.39, 0.29) is 11.8 Å². The molecule has 1 aliphatic rings. The Bertz CT molecular complexity index is 953. The number of methoxy groups -OCH3 is 4. The standard InChI is InChI=1S/C24H28N2O6/c1-29-19-8-6-18(7-9-19)24(28)26-13-11-25(12-14-26)22(27)10-5-17-15-20(30-2)23(32-4)21(16-17)31-3/h5-10,15-16H,11-14H2,1-4H3/b10-5+. The van der Waals surface area contributed by atoms with E-state index in [1.54, 1.807) is 80.7 Å². The largest absolute Gasteiger partial charge is 0.497 e. The lowest BCUT2D eigenvalue weighted by atomic mass is 10.1. The summed E-state index contributed by atoms with van der Waals surface area (Å²) in [6.07, 6.45) is 3.23. The smallest absolute Gasteiger partial charge is 0.253 e. The van der Waals surface area contributed by atoms with Crippen molar-refractivity contribution >= 4 is 17.9 Å². The molecule has 0 aromatic heterocycles. The molecule has 0 atom stereocenters. The number of hydrogen-bond acceptors (Lipinski definition) is 6. The second kappa shape index (κ2) is 10.6. The summed E-state index contributed by atoms with van der Waals surface area (Å²) < 4.78 is 21.1. The van der Waals surface area contributed by atoms with Gasteiger partial charge in [0.25, 0.3) is 5.91 Å². The van der Waals surface area contributed by atoms with Crippen molar-refractivity contribution in [2.75, 3.05) is 54.6 Å². The second-order valence-electron chi connectivity index (χ2n) is 7.14. The number of carbonyl (C=O) groups is 2. The van der Waals surface area contributed by atoms with Crippen LogP contribution >= 0.6 is 0 Å². The monoisotopic (exact) mass is 440 g/mol. The van der Waals surface area contributed by atoms with Gasteiger partial charge in [0.05, 0.1) is 28.4 Å². The summed E-state index contributed by atoms with van der Waals surface area (Å²) in [7, 11) is 6.22. The maximum absolute atomic E-state index is 12.7. The van der Waals surface area contributed by atoms with Gasteiger partial charge < -0.3 is 28.7 Å². The Kier molecular flexibility index (Phi) is 7.59. The molecular formula is C24H28N2O6. The second-order valence-corrected chi connectivity index (χ2v) is 7.14. The SMILES string of the molecule is COc1ccc(C(=O)N2CCN(C(=O)/C=C/c3cc(OC)c(OC)c(OC)c3)CC2)cc1. The van der Waals surface area contributed by atoms with Crippen molar-refractivity contribution in [1.82, 2.24) is 9.80 Å². The van der Waals surface area contributed by atoms with Gasteiger partial charge in [-0.05, 0) is 48.0 Å². The van der Waals surface area contributed by atoms with Crippen LogP contribution in [0.3, 0.4) is 0 Å². The molecule has 0 spiro atoms. The van der Waals surface area contributed by atoms with E-state index in [1.807, 2.05) is 0 Å². The molecule has 8 heteroatoms. The number of hydrogen-bond donors (Lipinski definition) is 0. The summed E-state index contributed by atoms with van der Waals surface area (Å²) in [6, 6.07) is 10.6. The summed E-state index contributed by atoms with van der Waals surface area (Å²) in [4.78, 5) is 28.8. The predicted molar refractivity (Wildman–Crippen MR) is 121 cm³/mol. The average Bonchev–Trinajstić information content (AvgIpc) is 2.86. The molecule has 2 amide bonds. The van der Waals surface area contributed by atoms with Gasteiger partial charge in [0, 0.05) is 37.8 Å². The molecule has 0 saturated carbocycles. The summed E-state index contributed by atoms with van der Waals surface area (Å²) >= 11 is 0. The molecule has 170 valence electrons. The van der Waals surface area contributed by atoms with Crippen LogP contribution in [0.5, 0.6) is 23.0 Å². The van der Waals surface area contributed by atoms with E-state index in [9.17, 15) is 9.59 Å². The van der Waals surface area contributed by atoms with Gasteiger partial charge in [0.2, 0.25) is 11.7 Å². The minimum atomic E-state index is -0.115. The fourth-order valence-corrected chi connectivity index (χ4v) is 3.52. The van der Waals surface area contributed by atoms with E-state index in [4.69, 9.17) is 18.9 Å². The molecule has 1 aliphatic heterocycles. The number of amides is 2. The number of ether oxygens (including phenoxy) is 4. The number of rotatable bonds is 7. The van der Waals surface area contributed by atoms with Crippen LogP contribution in [-0.2, 0) is 4.79 Å². The van der Waals surface area contributed by atoms with Gasteiger partial charge >= 0.3 is 0 Å². The summed E-state index contributed by atoms with van der Waals surface area (Å²) in [6.45, 7) is 1.91. The lowest BCUT2D eigenvalue weighted by Crippen LogP contribution is -2.50. The zero-order valence-corrected chi connectivity index (χ0v) is 18.8. The van der Waals surface area contributed by atoms with Gasteiger partial charge in [-0.15, -0.1) is 0 Å². The Labute approximate surface area is 187 Å². The summed E-state index contributed by atoms with van der Waals surface area (Å²) in [5.74, 6) is 2.07. The molecule has 3 rings (SSSR count). The highest BCUT2D eigenvalue weighted by atomic mass is 16.5. The number of nitrogens with zero attached hydrogens (tertiary/aromatic N) is 2. The minimum Gasteiger partial charge on any atom is -0.497 e. The molecule has 0 radical (unpaired) electrons. The fourth-order valence-electron chi connectivity index (χ4n) is 3.52. The van der Waals surface area contributed by atoms with E-state index in [0.29, 0.717) is 54.7 Å². The van der Waals surface area contributed by atoms with Crippen molar-refractivity contribution in [3.05, 3.63) is 53.6 Å². The molecule has 0 unspecified atom stereocenters. The van der Waals surface area contributed by atoms with Crippen molar-refractivity contribution in [3.8, 4) is 23.0 Å². The molecule has 0 bridgehead atoms. The highest BCUT2D eigenvalue weighted by Gasteiger charge is 2.24. The van der Waals surface area contributed by atoms with Crippen LogP contribution in [0.15, 0.2) is 42.5 Å². The Balaban J connectivity index is 1.60. The molecule has 1 fully saturated rings. The van der Waals surface area contributed by atoms with Crippen molar-refractivity contribution < 1.29 is 28.5 Å². The maximum atomic E-state index is 12.7. The third kappa shape index (κ3) is 5.14. The zero-order valence-electron chi connectivity index (χ0n) is 18.8. The van der Waals surface area contributed by atoms with Gasteiger partial charge in [-0.1, -0.05) is 0 Å². The normalized spacial score (nSPS) is 13.8. The van der Waals surface area contributed by atoms with Crippen LogP contribution in [0.1, 0.15) is 15.9 Å². The molecule has 2 aromatic rings. The molecule has 8 nitrogen and oxygen atoms in total. The molecule has 1 heterocycles. The Hall–Kier alpha value is -3.68. The van der Waals surface area contributed by atoms with E-state index >= 15 is 0 Å². The summed E-state index contributed by atoms with van der Waals surface area (Å²) in [5.41, 5.74) is 1.36. The van der Waals surface area contributed by atoms with Gasteiger partial charge in [-0.3, -0.25) is 9.59 Å². The molecule has 32 heavy (non-hydrogen) atoms. The zero-order chi connectivity index (χ0) is 23.1. The van der Waals surface area contributed by atoms with Crippen LogP contribution < -0.4 is 18.9 Å². The van der Waals surface area contributed by atoms with Crippen molar-refractivity contribution in [2.45, 2.75) is 0 Å². The highest BCUT2D eigenvalue weighted by Crippen LogP contribution is 2.38. The molecule has 1 saturated heterocycles. The van der Waals surface area contributed by atoms with Crippen LogP contribution in [0.2, 0.25) is 0 Å². The van der Waals surface area contributed by atoms with Crippen LogP contribution in [-0.4, -0.2) is 76.2 Å². The molecular weight excluding hydrogens is 412 g/mol. The third-order valence-corrected chi connectivity index (χ3v) is 5.32. The van der Waals surface area contributed by atoms with E-state index in [2.05, 4.69) is 0 Å². The first kappa shape index (κ1) is 23.0. The topological polar surface area (TPSA) is 77.5 Å². The first-order valence-electron chi connectivity index (χ1n) is 10.2. The van der Waals surface area contributed by atoms with Crippen LogP contribution in [0, 0.1) is 0 Å². The van der Waals surface area contributed by atoms with E-state index in [1.165, 1.54) is 6.08 Å². The first-order chi connectivity index (χ1) is 15.5. The summed E-state index contributed by atoms with van der Waals surface area (Å²) in [5, 5.41) is 0. The number of piperazine rings is 1. The van der Waals surface area contributed by atoms with Gasteiger partial charge in [0.15, 0.2) is 11.5 Å². The Morgan fingerprint density at radius 1 is 0.781 bits per heavy atom. The third-order valence-electron chi connectivity index (χ3n) is 5.32. The van der Waals surface area contributed by atoms with Crippen molar-refractivity contribution in [3.63, 3.8) is 0 Å². The maximum Gasteiger partial charge on any atom is 0.253 e. The molecule has 2 aromatic carbocycles. The quantitative estimate of drug-likeness (QED) is 0.616. The van der Waals surface area contributed by atoms with E-state index in [0.717, 1.165) is 5.56 Å². The highest BCUT2D eigenvalue weighted by molar-refractivity contribution is 5.95. The lowest BCUT2D eigenvalue weighted by Gasteiger charge is -2.34.